The van der Waals surface area contributed by atoms with E-state index in [1.165, 1.54) is 65.7 Å². The SMILES string of the molecule is c1ccc(-n2c3ccccc3c3ccc4ccccc4c32)c(-c2ccc3c(c2)-c2cccc4cccc(c24)O3)c1. The molecule has 0 atom stereocenters. The summed E-state index contributed by atoms with van der Waals surface area (Å²) >= 11 is 0. The molecular formula is C38H23NO. The number of rotatable bonds is 2. The third-order valence-corrected chi connectivity index (χ3v) is 8.37. The largest absolute Gasteiger partial charge is 0.456 e. The molecular weight excluding hydrogens is 486 g/mol. The highest BCUT2D eigenvalue weighted by Crippen LogP contribution is 2.48. The van der Waals surface area contributed by atoms with Crippen LogP contribution < -0.4 is 4.74 Å². The predicted octanol–water partition coefficient (Wildman–Crippen LogP) is 10.5. The van der Waals surface area contributed by atoms with Crippen molar-refractivity contribution in [3.8, 4) is 39.4 Å². The van der Waals surface area contributed by atoms with E-state index in [0.29, 0.717) is 0 Å². The molecule has 0 N–H and O–H groups in total. The monoisotopic (exact) mass is 509 g/mol. The fraction of sp³-hybridized carbons (Fsp3) is 0. The molecule has 2 heteroatoms. The highest BCUT2D eigenvalue weighted by Gasteiger charge is 2.22. The Balaban J connectivity index is 1.34. The van der Waals surface area contributed by atoms with Gasteiger partial charge in [0.05, 0.1) is 16.7 Å². The van der Waals surface area contributed by atoms with Gasteiger partial charge in [0, 0.05) is 32.7 Å². The van der Waals surface area contributed by atoms with Crippen LogP contribution in [0.1, 0.15) is 0 Å². The van der Waals surface area contributed by atoms with Gasteiger partial charge in [-0.15, -0.1) is 0 Å². The number of nitrogens with zero attached hydrogens (tertiary/aromatic N) is 1. The quantitative estimate of drug-likeness (QED) is 0.226. The lowest BCUT2D eigenvalue weighted by Gasteiger charge is -2.22. The van der Waals surface area contributed by atoms with Crippen molar-refractivity contribution in [1.29, 1.82) is 0 Å². The molecule has 0 spiro atoms. The lowest BCUT2D eigenvalue weighted by molar-refractivity contribution is 0.487. The van der Waals surface area contributed by atoms with Gasteiger partial charge in [-0.05, 0) is 52.2 Å². The van der Waals surface area contributed by atoms with E-state index in [1.807, 2.05) is 0 Å². The maximum absolute atomic E-state index is 6.40. The Morgan fingerprint density at radius 2 is 1.20 bits per heavy atom. The van der Waals surface area contributed by atoms with Crippen LogP contribution in [0.3, 0.4) is 0 Å². The minimum absolute atomic E-state index is 0.898. The van der Waals surface area contributed by atoms with Crippen molar-refractivity contribution in [2.24, 2.45) is 0 Å². The van der Waals surface area contributed by atoms with Crippen LogP contribution in [0, 0.1) is 0 Å². The zero-order valence-electron chi connectivity index (χ0n) is 21.6. The number of aromatic nitrogens is 1. The highest BCUT2D eigenvalue weighted by molar-refractivity contribution is 6.19. The first-order valence-corrected chi connectivity index (χ1v) is 13.7. The average Bonchev–Trinajstić information content (AvgIpc) is 3.36. The Hall–Kier alpha value is -5.34. The third kappa shape index (κ3) is 2.93. The van der Waals surface area contributed by atoms with E-state index in [0.717, 1.165) is 17.1 Å². The molecule has 0 amide bonds. The number of ether oxygens (including phenoxy) is 1. The van der Waals surface area contributed by atoms with Gasteiger partial charge >= 0.3 is 0 Å². The van der Waals surface area contributed by atoms with Gasteiger partial charge in [0.15, 0.2) is 0 Å². The molecule has 186 valence electrons. The molecule has 0 unspecified atom stereocenters. The van der Waals surface area contributed by atoms with Crippen LogP contribution in [0.2, 0.25) is 0 Å². The Morgan fingerprint density at radius 3 is 2.15 bits per heavy atom. The van der Waals surface area contributed by atoms with Crippen LogP contribution >= 0.6 is 0 Å². The summed E-state index contributed by atoms with van der Waals surface area (Å²) < 4.78 is 8.85. The standard InChI is InChI=1S/C38H23NO/c1-2-13-28-24(9-1)19-21-31-29-14-4-6-17-34(29)39(38(28)31)33-16-5-3-12-27(33)26-20-22-35-32(23-26)30-15-7-10-25-11-8-18-36(40-35)37(25)30/h1-23H. The van der Waals surface area contributed by atoms with E-state index in [9.17, 15) is 0 Å². The van der Waals surface area contributed by atoms with Crippen LogP contribution in [0.4, 0.5) is 0 Å². The highest BCUT2D eigenvalue weighted by atomic mass is 16.5. The Labute approximate surface area is 231 Å². The van der Waals surface area contributed by atoms with Crippen molar-refractivity contribution >= 4 is 43.4 Å². The topological polar surface area (TPSA) is 14.2 Å². The van der Waals surface area contributed by atoms with Gasteiger partial charge in [0.25, 0.3) is 0 Å². The lowest BCUT2D eigenvalue weighted by atomic mass is 9.92. The van der Waals surface area contributed by atoms with E-state index in [1.54, 1.807) is 0 Å². The molecule has 7 aromatic carbocycles. The molecule has 1 aromatic heterocycles. The molecule has 0 radical (unpaired) electrons. The maximum atomic E-state index is 6.40. The van der Waals surface area contributed by atoms with Crippen molar-refractivity contribution in [2.75, 3.05) is 0 Å². The second kappa shape index (κ2) is 8.08. The van der Waals surface area contributed by atoms with Crippen molar-refractivity contribution in [1.82, 2.24) is 4.57 Å². The van der Waals surface area contributed by atoms with Crippen LogP contribution in [-0.4, -0.2) is 4.57 Å². The molecule has 1 aliphatic heterocycles. The second-order valence-corrected chi connectivity index (χ2v) is 10.5. The number of fused-ring (bicyclic) bond motifs is 7. The molecule has 9 rings (SSSR count). The summed E-state index contributed by atoms with van der Waals surface area (Å²) in [6.07, 6.45) is 0. The molecule has 0 saturated carbocycles. The summed E-state index contributed by atoms with van der Waals surface area (Å²) in [5, 5.41) is 7.41. The van der Waals surface area contributed by atoms with Gasteiger partial charge in [0.1, 0.15) is 11.5 Å². The Bertz CT molecular complexity index is 2300. The third-order valence-electron chi connectivity index (χ3n) is 8.37. The summed E-state index contributed by atoms with van der Waals surface area (Å²) in [5.74, 6) is 1.82. The zero-order chi connectivity index (χ0) is 26.2. The summed E-state index contributed by atoms with van der Waals surface area (Å²) in [7, 11) is 0. The normalized spacial score (nSPS) is 12.2. The fourth-order valence-corrected chi connectivity index (χ4v) is 6.62. The summed E-state index contributed by atoms with van der Waals surface area (Å²) in [6.45, 7) is 0. The van der Waals surface area contributed by atoms with Gasteiger partial charge < -0.3 is 9.30 Å². The van der Waals surface area contributed by atoms with Gasteiger partial charge in [0.2, 0.25) is 0 Å². The van der Waals surface area contributed by atoms with E-state index in [-0.39, 0.29) is 0 Å². The molecule has 0 fully saturated rings. The van der Waals surface area contributed by atoms with Crippen molar-refractivity contribution in [3.05, 3.63) is 140 Å². The van der Waals surface area contributed by atoms with Crippen molar-refractivity contribution < 1.29 is 4.74 Å². The molecule has 2 heterocycles. The average molecular weight is 510 g/mol. The van der Waals surface area contributed by atoms with Gasteiger partial charge in [-0.2, -0.15) is 0 Å². The van der Waals surface area contributed by atoms with Gasteiger partial charge in [-0.25, -0.2) is 0 Å². The van der Waals surface area contributed by atoms with E-state index in [2.05, 4.69) is 144 Å². The predicted molar refractivity (Wildman–Crippen MR) is 167 cm³/mol. The van der Waals surface area contributed by atoms with E-state index < -0.39 is 0 Å². The second-order valence-electron chi connectivity index (χ2n) is 10.5. The van der Waals surface area contributed by atoms with Crippen LogP contribution in [0.25, 0.3) is 71.3 Å². The number of hydrogen-bond acceptors (Lipinski definition) is 1. The molecule has 8 aromatic rings. The minimum Gasteiger partial charge on any atom is -0.456 e. The summed E-state index contributed by atoms with van der Waals surface area (Å²) in [5.41, 5.74) is 8.32. The zero-order valence-corrected chi connectivity index (χ0v) is 21.6. The van der Waals surface area contributed by atoms with Crippen LogP contribution in [0.5, 0.6) is 11.5 Å². The summed E-state index contributed by atoms with van der Waals surface area (Å²) in [6, 6.07) is 50.1. The van der Waals surface area contributed by atoms with Crippen LogP contribution in [0.15, 0.2) is 140 Å². The van der Waals surface area contributed by atoms with E-state index >= 15 is 0 Å². The van der Waals surface area contributed by atoms with Gasteiger partial charge in [-0.3, -0.25) is 0 Å². The smallest absolute Gasteiger partial charge is 0.135 e. The fourth-order valence-electron chi connectivity index (χ4n) is 6.62. The summed E-state index contributed by atoms with van der Waals surface area (Å²) in [4.78, 5) is 0. The van der Waals surface area contributed by atoms with E-state index in [4.69, 9.17) is 4.74 Å². The molecule has 1 aliphatic rings. The first-order valence-electron chi connectivity index (χ1n) is 13.7. The number of benzene rings is 7. The molecule has 40 heavy (non-hydrogen) atoms. The lowest BCUT2D eigenvalue weighted by Crippen LogP contribution is -1.99. The maximum Gasteiger partial charge on any atom is 0.135 e. The van der Waals surface area contributed by atoms with Crippen LogP contribution in [-0.2, 0) is 0 Å². The van der Waals surface area contributed by atoms with Crippen molar-refractivity contribution in [3.63, 3.8) is 0 Å². The molecule has 2 nitrogen and oxygen atoms in total. The minimum atomic E-state index is 0.898. The Kier molecular flexibility index (Phi) is 4.36. The van der Waals surface area contributed by atoms with Crippen molar-refractivity contribution in [2.45, 2.75) is 0 Å². The number of para-hydroxylation sites is 2. The number of hydrogen-bond donors (Lipinski definition) is 0. The molecule has 0 aliphatic carbocycles. The molecule has 0 saturated heterocycles. The van der Waals surface area contributed by atoms with Gasteiger partial charge in [-0.1, -0.05) is 109 Å². The first kappa shape index (κ1) is 21.6. The molecule has 0 bridgehead atoms. The first-order chi connectivity index (χ1) is 19.8. The Morgan fingerprint density at radius 1 is 0.450 bits per heavy atom.